The number of carbonyl (C=O) groups is 2. The van der Waals surface area contributed by atoms with E-state index < -0.39 is 20.0 Å². The fraction of sp³-hybridized carbons (Fsp3) is 0.918. The molecule has 83 heavy (non-hydrogen) atoms. The number of hydrogen-bond acceptors (Lipinski definition) is 6. The monoisotopic (exact) mass is 1190 g/mol. The zero-order chi connectivity index (χ0) is 60.7. The summed E-state index contributed by atoms with van der Waals surface area (Å²) in [5, 5.41) is 3.08. The van der Waals surface area contributed by atoms with Gasteiger partial charge in [0.05, 0.1) is 33.8 Å². The predicted octanol–water partition coefficient (Wildman–Crippen LogP) is 23.2. The van der Waals surface area contributed by atoms with Crippen LogP contribution in [0, 0.1) is 0 Å². The van der Waals surface area contributed by atoms with Crippen molar-refractivity contribution in [2.24, 2.45) is 0 Å². The highest BCUT2D eigenvalue weighted by Gasteiger charge is 2.30. The van der Waals surface area contributed by atoms with Crippen LogP contribution in [0.25, 0.3) is 0 Å². The SMILES string of the molecule is CCCCCCCC/C=C/CCCCCCCCCCCCCC(=O)OC(/C=C/CCCCCCCCCCC)C(COP(=O)(O)OCC[N+](C)(C)C)NC(=O)CCCCCCCCCCCCCCCCCCCCCCCCCCC. The first-order valence-electron chi connectivity index (χ1n) is 36.7. The second kappa shape index (κ2) is 63.5. The maximum absolute atomic E-state index is 13.6. The fourth-order valence-corrected chi connectivity index (χ4v) is 12.0. The number of allylic oxidation sites excluding steroid dienone is 3. The number of nitrogens with one attached hydrogen (secondary N) is 1. The van der Waals surface area contributed by atoms with Gasteiger partial charge >= 0.3 is 13.8 Å². The van der Waals surface area contributed by atoms with Crippen molar-refractivity contribution in [3.05, 3.63) is 24.3 Å². The fourth-order valence-electron chi connectivity index (χ4n) is 11.2. The molecule has 0 aliphatic rings. The number of carbonyl (C=O) groups excluding carboxylic acids is 2. The molecule has 492 valence electrons. The number of nitrogens with zero attached hydrogens (tertiary/aromatic N) is 1. The van der Waals surface area contributed by atoms with Gasteiger partial charge in [0.1, 0.15) is 19.3 Å². The van der Waals surface area contributed by atoms with E-state index in [-0.39, 0.29) is 25.1 Å². The summed E-state index contributed by atoms with van der Waals surface area (Å²) < 4.78 is 30.8. The normalized spacial score (nSPS) is 13.6. The third-order valence-electron chi connectivity index (χ3n) is 16.9. The van der Waals surface area contributed by atoms with Gasteiger partial charge in [0.15, 0.2) is 0 Å². The van der Waals surface area contributed by atoms with Crippen LogP contribution in [-0.2, 0) is 27.9 Å². The quantitative estimate of drug-likeness (QED) is 0.0205. The van der Waals surface area contributed by atoms with Gasteiger partial charge < -0.3 is 19.4 Å². The molecular weight excluding hydrogens is 1050 g/mol. The van der Waals surface area contributed by atoms with Crippen molar-refractivity contribution < 1.29 is 37.3 Å². The summed E-state index contributed by atoms with van der Waals surface area (Å²) in [6.07, 6.45) is 77.7. The average molecular weight is 1190 g/mol. The molecule has 0 aromatic carbocycles. The molecule has 1 amide bonds. The van der Waals surface area contributed by atoms with Gasteiger partial charge in [-0.2, -0.15) is 0 Å². The van der Waals surface area contributed by atoms with Crippen LogP contribution in [0.2, 0.25) is 0 Å². The van der Waals surface area contributed by atoms with Crippen LogP contribution >= 0.6 is 7.82 Å². The predicted molar refractivity (Wildman–Crippen MR) is 360 cm³/mol. The smallest absolute Gasteiger partial charge is 0.456 e. The van der Waals surface area contributed by atoms with Crippen molar-refractivity contribution in [1.29, 1.82) is 0 Å². The number of amides is 1. The molecule has 10 heteroatoms. The molecular formula is C73H144N2O7P+. The van der Waals surface area contributed by atoms with Crippen LogP contribution in [0.15, 0.2) is 24.3 Å². The summed E-state index contributed by atoms with van der Waals surface area (Å²) in [7, 11) is 1.52. The Morgan fingerprint density at radius 1 is 0.410 bits per heavy atom. The number of quaternary nitrogens is 1. The summed E-state index contributed by atoms with van der Waals surface area (Å²) in [5.74, 6) is -0.483. The molecule has 2 N–H and O–H groups in total. The van der Waals surface area contributed by atoms with E-state index in [9.17, 15) is 19.0 Å². The lowest BCUT2D eigenvalue weighted by atomic mass is 10.0. The van der Waals surface area contributed by atoms with Gasteiger partial charge in [-0.3, -0.25) is 18.6 Å². The van der Waals surface area contributed by atoms with E-state index in [1.807, 2.05) is 33.3 Å². The molecule has 0 aliphatic carbocycles. The molecule has 3 atom stereocenters. The number of esters is 1. The summed E-state index contributed by atoms with van der Waals surface area (Å²) in [6, 6.07) is -0.843. The van der Waals surface area contributed by atoms with Gasteiger partial charge in [0.25, 0.3) is 0 Å². The molecule has 0 saturated heterocycles. The topological polar surface area (TPSA) is 111 Å². The Labute approximate surface area is 517 Å². The number of ether oxygens (including phenoxy) is 1. The minimum atomic E-state index is -4.45. The minimum Gasteiger partial charge on any atom is -0.456 e. The van der Waals surface area contributed by atoms with Gasteiger partial charge in [-0.05, 0) is 57.4 Å². The second-order valence-electron chi connectivity index (χ2n) is 26.5. The number of hydrogen-bond donors (Lipinski definition) is 2. The molecule has 0 fully saturated rings. The number of phosphoric acid groups is 1. The van der Waals surface area contributed by atoms with Gasteiger partial charge in [-0.25, -0.2) is 4.57 Å². The van der Waals surface area contributed by atoms with Gasteiger partial charge in [-0.15, -0.1) is 0 Å². The van der Waals surface area contributed by atoms with E-state index in [4.69, 9.17) is 13.8 Å². The molecule has 0 heterocycles. The van der Waals surface area contributed by atoms with Crippen LogP contribution in [0.1, 0.15) is 380 Å². The number of phosphoric ester groups is 1. The van der Waals surface area contributed by atoms with Crippen LogP contribution in [0.3, 0.4) is 0 Å². The van der Waals surface area contributed by atoms with Crippen LogP contribution < -0.4 is 5.32 Å². The number of likely N-dealkylation sites (N-methyl/N-ethyl adjacent to an activating group) is 1. The molecule has 9 nitrogen and oxygen atoms in total. The van der Waals surface area contributed by atoms with E-state index in [1.165, 1.54) is 289 Å². The largest absolute Gasteiger partial charge is 0.472 e. The average Bonchev–Trinajstić information content (AvgIpc) is 3.51. The Balaban J connectivity index is 4.95. The van der Waals surface area contributed by atoms with Crippen LogP contribution in [0.4, 0.5) is 0 Å². The number of rotatable bonds is 68. The van der Waals surface area contributed by atoms with Crippen molar-refractivity contribution in [2.45, 2.75) is 392 Å². The van der Waals surface area contributed by atoms with Crippen LogP contribution in [0.5, 0.6) is 0 Å². The Morgan fingerprint density at radius 2 is 0.699 bits per heavy atom. The zero-order valence-electron chi connectivity index (χ0n) is 56.5. The first-order valence-corrected chi connectivity index (χ1v) is 38.2. The van der Waals surface area contributed by atoms with E-state index in [1.54, 1.807) is 0 Å². The Hall–Kier alpha value is -1.51. The third kappa shape index (κ3) is 64.8. The van der Waals surface area contributed by atoms with Gasteiger partial charge in [0.2, 0.25) is 5.91 Å². The summed E-state index contributed by atoms with van der Waals surface area (Å²) in [4.78, 5) is 37.9. The second-order valence-corrected chi connectivity index (χ2v) is 27.9. The zero-order valence-corrected chi connectivity index (χ0v) is 57.4. The standard InChI is InChI=1S/C73H143N2O7P/c1-7-10-13-16-19-22-25-27-29-31-33-35-36-37-38-40-41-43-45-47-50-53-56-59-62-65-72(76)74-70(69-81-83(78,79)80-68-67-75(4,5)6)71(64-61-58-55-52-49-24-21-18-15-12-9-3)82-73(77)66-63-60-57-54-51-48-46-44-42-39-34-32-30-28-26-23-20-17-14-11-8-2/h28,30,61,64,70-71H,7-27,29,31-60,62-63,65-69H2,1-6H3,(H-,74,76,78,79)/p+1/b30-28+,64-61+. The molecule has 0 aliphatic heterocycles. The molecule has 0 spiro atoms. The maximum atomic E-state index is 13.6. The minimum absolute atomic E-state index is 0.0443. The van der Waals surface area contributed by atoms with Crippen molar-refractivity contribution in [2.75, 3.05) is 40.9 Å². The van der Waals surface area contributed by atoms with Gasteiger partial charge in [0, 0.05) is 12.8 Å². The Morgan fingerprint density at radius 3 is 1.02 bits per heavy atom. The highest BCUT2D eigenvalue weighted by atomic mass is 31.2. The lowest BCUT2D eigenvalue weighted by Crippen LogP contribution is -2.47. The summed E-state index contributed by atoms with van der Waals surface area (Å²) in [5.41, 5.74) is 0. The van der Waals surface area contributed by atoms with Crippen molar-refractivity contribution >= 4 is 19.7 Å². The molecule has 0 aromatic heterocycles. The summed E-state index contributed by atoms with van der Waals surface area (Å²) >= 11 is 0. The highest BCUT2D eigenvalue weighted by Crippen LogP contribution is 2.43. The highest BCUT2D eigenvalue weighted by molar-refractivity contribution is 7.47. The maximum Gasteiger partial charge on any atom is 0.472 e. The lowest BCUT2D eigenvalue weighted by molar-refractivity contribution is -0.870. The molecule has 0 rings (SSSR count). The lowest BCUT2D eigenvalue weighted by Gasteiger charge is -2.27. The number of unbranched alkanes of at least 4 members (excludes halogenated alkanes) is 50. The Kier molecular flexibility index (Phi) is 62.4. The van der Waals surface area contributed by atoms with Crippen molar-refractivity contribution in [1.82, 2.24) is 5.32 Å². The molecule has 3 unspecified atom stereocenters. The summed E-state index contributed by atoms with van der Waals surface area (Å²) in [6.45, 7) is 7.08. The first kappa shape index (κ1) is 81.5. The third-order valence-corrected chi connectivity index (χ3v) is 17.9. The first-order chi connectivity index (χ1) is 40.4. The molecule has 0 radical (unpaired) electrons. The Bertz CT molecular complexity index is 1470. The van der Waals surface area contributed by atoms with Crippen molar-refractivity contribution in [3.63, 3.8) is 0 Å². The van der Waals surface area contributed by atoms with Crippen LogP contribution in [-0.4, -0.2) is 74.3 Å². The molecule has 0 aromatic rings. The molecule has 0 saturated carbocycles. The van der Waals surface area contributed by atoms with E-state index in [0.717, 1.165) is 57.8 Å². The molecule has 0 bridgehead atoms. The van der Waals surface area contributed by atoms with Crippen molar-refractivity contribution in [3.8, 4) is 0 Å². The van der Waals surface area contributed by atoms with Gasteiger partial charge in [-0.1, -0.05) is 334 Å². The van der Waals surface area contributed by atoms with E-state index in [0.29, 0.717) is 23.9 Å². The van der Waals surface area contributed by atoms with E-state index >= 15 is 0 Å². The van der Waals surface area contributed by atoms with E-state index in [2.05, 4.69) is 38.2 Å².